The van der Waals surface area contributed by atoms with Crippen LogP contribution < -0.4 is 4.74 Å². The molecule has 5 nitrogen and oxygen atoms in total. The fourth-order valence-electron chi connectivity index (χ4n) is 3.08. The largest absolute Gasteiger partial charge is 0.483 e. The number of likely N-dealkylation sites (tertiary alicyclic amines) is 1. The van der Waals surface area contributed by atoms with Crippen LogP contribution in [0.1, 0.15) is 30.2 Å². The van der Waals surface area contributed by atoms with Crippen LogP contribution >= 0.6 is 0 Å². The maximum absolute atomic E-state index is 11.8. The minimum atomic E-state index is -0.0422. The summed E-state index contributed by atoms with van der Waals surface area (Å²) in [6, 6.07) is 12.2. The van der Waals surface area contributed by atoms with E-state index in [2.05, 4.69) is 11.0 Å². The van der Waals surface area contributed by atoms with Crippen molar-refractivity contribution in [3.05, 3.63) is 54.0 Å². The van der Waals surface area contributed by atoms with Crippen molar-refractivity contribution in [2.24, 2.45) is 0 Å². The number of rotatable bonds is 6. The summed E-state index contributed by atoms with van der Waals surface area (Å²) in [7, 11) is 3.46. The molecule has 3 rings (SSSR count). The summed E-state index contributed by atoms with van der Waals surface area (Å²) in [5.74, 6) is 1.76. The van der Waals surface area contributed by atoms with E-state index in [1.165, 1.54) is 4.90 Å². The van der Waals surface area contributed by atoms with E-state index in [4.69, 9.17) is 9.15 Å². The van der Waals surface area contributed by atoms with Crippen molar-refractivity contribution < 1.29 is 13.9 Å². The topological polar surface area (TPSA) is 45.9 Å². The zero-order valence-electron chi connectivity index (χ0n) is 14.3. The molecule has 1 aromatic carbocycles. The third-order valence-electron chi connectivity index (χ3n) is 4.43. The normalized spacial score (nSPS) is 17.8. The van der Waals surface area contributed by atoms with Crippen molar-refractivity contribution in [2.75, 3.05) is 27.2 Å². The molecule has 1 aliphatic heterocycles. The van der Waals surface area contributed by atoms with Gasteiger partial charge in [-0.2, -0.15) is 0 Å². The predicted molar refractivity (Wildman–Crippen MR) is 91.7 cm³/mol. The van der Waals surface area contributed by atoms with Crippen molar-refractivity contribution in [1.29, 1.82) is 0 Å². The number of furan rings is 1. The zero-order valence-corrected chi connectivity index (χ0v) is 14.3. The minimum Gasteiger partial charge on any atom is -0.483 e. The van der Waals surface area contributed by atoms with Crippen molar-refractivity contribution in [3.8, 4) is 5.75 Å². The van der Waals surface area contributed by atoms with Crippen LogP contribution in [0, 0.1) is 0 Å². The number of likely N-dealkylation sites (N-methyl/N-ethyl adjacent to an activating group) is 1. The van der Waals surface area contributed by atoms with E-state index in [1.54, 1.807) is 20.4 Å². The van der Waals surface area contributed by atoms with Gasteiger partial charge in [-0.15, -0.1) is 0 Å². The van der Waals surface area contributed by atoms with Crippen molar-refractivity contribution in [1.82, 2.24) is 9.80 Å². The molecule has 1 aromatic heterocycles. The molecule has 1 atom stereocenters. The number of benzene rings is 1. The highest BCUT2D eigenvalue weighted by Crippen LogP contribution is 2.34. The number of nitrogens with zero attached hydrogens (tertiary/aromatic N) is 2. The Bertz CT molecular complexity index is 667. The van der Waals surface area contributed by atoms with Gasteiger partial charge in [0.25, 0.3) is 5.91 Å². The molecule has 0 saturated carbocycles. The summed E-state index contributed by atoms with van der Waals surface area (Å²) >= 11 is 0. The number of para-hydroxylation sites is 1. The fourth-order valence-corrected chi connectivity index (χ4v) is 3.08. The highest BCUT2D eigenvalue weighted by Gasteiger charge is 2.28. The van der Waals surface area contributed by atoms with E-state index < -0.39 is 0 Å². The molecule has 2 aromatic rings. The summed E-state index contributed by atoms with van der Waals surface area (Å²) in [5, 5.41) is 0. The third-order valence-corrected chi connectivity index (χ3v) is 4.43. The van der Waals surface area contributed by atoms with E-state index in [0.717, 1.165) is 43.0 Å². The van der Waals surface area contributed by atoms with Crippen molar-refractivity contribution in [2.45, 2.75) is 25.4 Å². The van der Waals surface area contributed by atoms with Gasteiger partial charge in [-0.3, -0.25) is 9.69 Å². The SMILES string of the molecule is CN(C)C(=O)COc1ccccc1CN1CCCC1c1ccco1. The lowest BCUT2D eigenvalue weighted by atomic mass is 10.1. The highest BCUT2D eigenvalue weighted by atomic mass is 16.5. The van der Waals surface area contributed by atoms with Gasteiger partial charge in [-0.1, -0.05) is 18.2 Å². The number of hydrogen-bond acceptors (Lipinski definition) is 4. The Morgan fingerprint density at radius 2 is 2.12 bits per heavy atom. The molecule has 0 radical (unpaired) electrons. The smallest absolute Gasteiger partial charge is 0.259 e. The monoisotopic (exact) mass is 328 g/mol. The second kappa shape index (κ2) is 7.53. The van der Waals surface area contributed by atoms with E-state index in [0.29, 0.717) is 6.04 Å². The predicted octanol–water partition coefficient (Wildman–Crippen LogP) is 3.08. The van der Waals surface area contributed by atoms with Gasteiger partial charge in [0.1, 0.15) is 11.5 Å². The lowest BCUT2D eigenvalue weighted by Gasteiger charge is -2.24. The molecule has 1 amide bonds. The average Bonchev–Trinajstić information content (AvgIpc) is 3.24. The Hall–Kier alpha value is -2.27. The second-order valence-electron chi connectivity index (χ2n) is 6.33. The molecule has 2 heterocycles. The molecule has 128 valence electrons. The molecule has 1 fully saturated rings. The van der Waals surface area contributed by atoms with Gasteiger partial charge in [0.05, 0.1) is 12.3 Å². The molecule has 24 heavy (non-hydrogen) atoms. The van der Waals surface area contributed by atoms with Gasteiger partial charge >= 0.3 is 0 Å². The Labute approximate surface area is 142 Å². The summed E-state index contributed by atoms with van der Waals surface area (Å²) in [4.78, 5) is 15.7. The first-order chi connectivity index (χ1) is 11.6. The minimum absolute atomic E-state index is 0.0422. The number of carbonyl (C=O) groups is 1. The van der Waals surface area contributed by atoms with Crippen molar-refractivity contribution >= 4 is 5.91 Å². The molecule has 0 N–H and O–H groups in total. The standard InChI is InChI=1S/C19H24N2O3/c1-20(2)19(22)14-24-17-9-4-3-7-15(17)13-21-11-5-8-16(21)18-10-6-12-23-18/h3-4,6-7,9-10,12,16H,5,8,11,13-14H2,1-2H3. The zero-order chi connectivity index (χ0) is 16.9. The van der Waals surface area contributed by atoms with Gasteiger partial charge in [0, 0.05) is 26.2 Å². The maximum Gasteiger partial charge on any atom is 0.259 e. The number of ether oxygens (including phenoxy) is 1. The number of carbonyl (C=O) groups excluding carboxylic acids is 1. The summed E-state index contributed by atoms with van der Waals surface area (Å²) < 4.78 is 11.4. The van der Waals surface area contributed by atoms with Gasteiger partial charge in [-0.05, 0) is 37.6 Å². The molecule has 5 heteroatoms. The lowest BCUT2D eigenvalue weighted by Crippen LogP contribution is -2.28. The van der Waals surface area contributed by atoms with Crippen LogP contribution in [-0.4, -0.2) is 43.0 Å². The molecular weight excluding hydrogens is 304 g/mol. The number of hydrogen-bond donors (Lipinski definition) is 0. The summed E-state index contributed by atoms with van der Waals surface area (Å²) in [6.07, 6.45) is 4.00. The van der Waals surface area contributed by atoms with Gasteiger partial charge in [0.15, 0.2) is 6.61 Å². The molecule has 1 unspecified atom stereocenters. The third kappa shape index (κ3) is 3.79. The Kier molecular flexibility index (Phi) is 5.20. The first-order valence-corrected chi connectivity index (χ1v) is 8.33. The summed E-state index contributed by atoms with van der Waals surface area (Å²) in [5.41, 5.74) is 1.10. The van der Waals surface area contributed by atoms with E-state index in [-0.39, 0.29) is 12.5 Å². The van der Waals surface area contributed by atoms with Crippen LogP contribution in [0.5, 0.6) is 5.75 Å². The molecule has 0 bridgehead atoms. The Morgan fingerprint density at radius 1 is 1.29 bits per heavy atom. The second-order valence-corrected chi connectivity index (χ2v) is 6.33. The van der Waals surface area contributed by atoms with Crippen LogP contribution in [0.15, 0.2) is 47.1 Å². The van der Waals surface area contributed by atoms with Crippen LogP contribution in [-0.2, 0) is 11.3 Å². The lowest BCUT2D eigenvalue weighted by molar-refractivity contribution is -0.130. The van der Waals surface area contributed by atoms with Crippen molar-refractivity contribution in [3.63, 3.8) is 0 Å². The van der Waals surface area contributed by atoms with Crippen LogP contribution in [0.4, 0.5) is 0 Å². The molecular formula is C19H24N2O3. The molecule has 1 saturated heterocycles. The quantitative estimate of drug-likeness (QED) is 0.817. The first-order valence-electron chi connectivity index (χ1n) is 8.33. The number of amides is 1. The van der Waals surface area contributed by atoms with Crippen LogP contribution in [0.2, 0.25) is 0 Å². The Morgan fingerprint density at radius 3 is 2.88 bits per heavy atom. The van der Waals surface area contributed by atoms with Gasteiger partial charge in [0.2, 0.25) is 0 Å². The average molecular weight is 328 g/mol. The van der Waals surface area contributed by atoms with Gasteiger partial charge in [-0.25, -0.2) is 0 Å². The summed E-state index contributed by atoms with van der Waals surface area (Å²) in [6.45, 7) is 1.89. The fraction of sp³-hybridized carbons (Fsp3) is 0.421. The van der Waals surface area contributed by atoms with E-state index >= 15 is 0 Å². The van der Waals surface area contributed by atoms with E-state index in [9.17, 15) is 4.79 Å². The molecule has 0 spiro atoms. The first kappa shape index (κ1) is 16.6. The highest BCUT2D eigenvalue weighted by molar-refractivity contribution is 5.77. The molecule has 1 aliphatic rings. The van der Waals surface area contributed by atoms with Gasteiger partial charge < -0.3 is 14.1 Å². The van der Waals surface area contributed by atoms with Crippen LogP contribution in [0.25, 0.3) is 0 Å². The maximum atomic E-state index is 11.8. The Balaban J connectivity index is 1.69. The van der Waals surface area contributed by atoms with E-state index in [1.807, 2.05) is 30.3 Å². The molecule has 0 aliphatic carbocycles. The van der Waals surface area contributed by atoms with Crippen LogP contribution in [0.3, 0.4) is 0 Å².